The van der Waals surface area contributed by atoms with Crippen molar-refractivity contribution < 1.29 is 4.79 Å². The van der Waals surface area contributed by atoms with Crippen LogP contribution in [0.15, 0.2) is 66.6 Å². The van der Waals surface area contributed by atoms with Crippen LogP contribution in [0.1, 0.15) is 16.0 Å². The van der Waals surface area contributed by atoms with E-state index in [4.69, 9.17) is 0 Å². The van der Waals surface area contributed by atoms with Gasteiger partial charge in [0.05, 0.1) is 11.9 Å². The summed E-state index contributed by atoms with van der Waals surface area (Å²) in [7, 11) is 0. The summed E-state index contributed by atoms with van der Waals surface area (Å²) in [5.41, 5.74) is 4.10. The number of hydrogen-bond donors (Lipinski definition) is 0. The van der Waals surface area contributed by atoms with Crippen LogP contribution >= 0.6 is 11.3 Å². The lowest BCUT2D eigenvalue weighted by Crippen LogP contribution is -2.33. The van der Waals surface area contributed by atoms with Gasteiger partial charge in [-0.2, -0.15) is 0 Å². The first-order chi connectivity index (χ1) is 11.8. The molecule has 4 nitrogen and oxygen atoms in total. The van der Waals surface area contributed by atoms with Crippen LogP contribution in [-0.4, -0.2) is 27.3 Å². The summed E-state index contributed by atoms with van der Waals surface area (Å²) in [6, 6.07) is 14.2. The van der Waals surface area contributed by atoms with Gasteiger partial charge in [0.1, 0.15) is 0 Å². The van der Waals surface area contributed by atoms with E-state index in [0.717, 1.165) is 16.9 Å². The first kappa shape index (κ1) is 16.3. The molecule has 0 radical (unpaired) electrons. The highest BCUT2D eigenvalue weighted by molar-refractivity contribution is 7.09. The molecule has 24 heavy (non-hydrogen) atoms. The van der Waals surface area contributed by atoms with Gasteiger partial charge >= 0.3 is 0 Å². The number of amides is 1. The van der Waals surface area contributed by atoms with Crippen LogP contribution in [0.4, 0.5) is 0 Å². The van der Waals surface area contributed by atoms with Crippen molar-refractivity contribution in [2.75, 3.05) is 6.54 Å². The van der Waals surface area contributed by atoms with Gasteiger partial charge in [0.2, 0.25) is 5.91 Å². The van der Waals surface area contributed by atoms with E-state index in [2.05, 4.69) is 22.1 Å². The van der Waals surface area contributed by atoms with E-state index in [9.17, 15) is 4.79 Å². The number of aromatic nitrogens is 2. The Morgan fingerprint density at radius 2 is 1.79 bits per heavy atom. The quantitative estimate of drug-likeness (QED) is 0.664. The zero-order valence-corrected chi connectivity index (χ0v) is 14.2. The smallest absolute Gasteiger partial charge is 0.228 e. The molecule has 0 bridgehead atoms. The lowest BCUT2D eigenvalue weighted by atomic mass is 10.1. The molecular formula is C19H19N3OS. The second-order valence-corrected chi connectivity index (χ2v) is 6.52. The molecule has 0 atom stereocenters. The van der Waals surface area contributed by atoms with Crippen LogP contribution in [0.2, 0.25) is 0 Å². The molecule has 0 fully saturated rings. The predicted molar refractivity (Wildman–Crippen MR) is 95.6 cm³/mol. The Morgan fingerprint density at radius 3 is 2.50 bits per heavy atom. The minimum atomic E-state index is 0.131. The number of benzene rings is 1. The fraction of sp³-hybridized carbons (Fsp3) is 0.211. The summed E-state index contributed by atoms with van der Waals surface area (Å²) in [6.07, 6.45) is 6.55. The Bertz CT molecular complexity index is 745. The number of rotatable bonds is 7. The molecule has 1 amide bonds. The Balaban J connectivity index is 1.68. The topological polar surface area (TPSA) is 46.1 Å². The maximum absolute atomic E-state index is 12.7. The number of thiazole rings is 1. The van der Waals surface area contributed by atoms with Gasteiger partial charge in [-0.25, -0.2) is 0 Å². The van der Waals surface area contributed by atoms with Crippen molar-refractivity contribution in [1.29, 1.82) is 0 Å². The summed E-state index contributed by atoms with van der Waals surface area (Å²) in [4.78, 5) is 23.7. The summed E-state index contributed by atoms with van der Waals surface area (Å²) in [6.45, 7) is 1.30. The van der Waals surface area contributed by atoms with Crippen molar-refractivity contribution >= 4 is 17.2 Å². The molecule has 2 aromatic heterocycles. The van der Waals surface area contributed by atoms with Gasteiger partial charge in [-0.3, -0.25) is 14.8 Å². The summed E-state index contributed by atoms with van der Waals surface area (Å²) < 4.78 is 0. The van der Waals surface area contributed by atoms with Gasteiger partial charge in [-0.05, 0) is 29.7 Å². The van der Waals surface area contributed by atoms with Gasteiger partial charge in [0.15, 0.2) is 0 Å². The Hall–Kier alpha value is -2.53. The average Bonchev–Trinajstić information content (AvgIpc) is 3.13. The van der Waals surface area contributed by atoms with Crippen LogP contribution in [0.5, 0.6) is 0 Å². The predicted octanol–water partition coefficient (Wildman–Crippen LogP) is 3.35. The molecule has 0 N–H and O–H groups in total. The Kier molecular flexibility index (Phi) is 5.69. The molecule has 0 spiro atoms. The SMILES string of the molecule is O=C(Cc1cncs1)N(CCc1ccccc1)Cc1ccncc1. The van der Waals surface area contributed by atoms with Gasteiger partial charge in [-0.15, -0.1) is 11.3 Å². The summed E-state index contributed by atoms with van der Waals surface area (Å²) in [5.74, 6) is 0.131. The number of hydrogen-bond acceptors (Lipinski definition) is 4. The van der Waals surface area contributed by atoms with Crippen LogP contribution in [0, 0.1) is 0 Å². The van der Waals surface area contributed by atoms with Crippen LogP contribution in [0.3, 0.4) is 0 Å². The molecular weight excluding hydrogens is 318 g/mol. The highest BCUT2D eigenvalue weighted by atomic mass is 32.1. The van der Waals surface area contributed by atoms with E-state index in [1.807, 2.05) is 35.2 Å². The van der Waals surface area contributed by atoms with Crippen molar-refractivity contribution in [3.8, 4) is 0 Å². The molecule has 5 heteroatoms. The normalized spacial score (nSPS) is 10.5. The van der Waals surface area contributed by atoms with Gasteiger partial charge < -0.3 is 4.90 Å². The molecule has 0 aliphatic heterocycles. The minimum absolute atomic E-state index is 0.131. The number of nitrogens with zero attached hydrogens (tertiary/aromatic N) is 3. The zero-order valence-electron chi connectivity index (χ0n) is 13.3. The van der Waals surface area contributed by atoms with Crippen LogP contribution in [-0.2, 0) is 24.2 Å². The molecule has 3 rings (SSSR count). The monoisotopic (exact) mass is 337 g/mol. The van der Waals surface area contributed by atoms with E-state index >= 15 is 0 Å². The standard InChI is InChI=1S/C19H19N3OS/c23-19(12-18-13-21-15-24-18)22(14-17-6-9-20-10-7-17)11-8-16-4-2-1-3-5-16/h1-7,9-10,13,15H,8,11-12,14H2. The van der Waals surface area contributed by atoms with E-state index in [1.54, 1.807) is 24.1 Å². The maximum atomic E-state index is 12.7. The first-order valence-electron chi connectivity index (χ1n) is 7.89. The molecule has 2 heterocycles. The van der Waals surface area contributed by atoms with Crippen molar-refractivity contribution in [2.24, 2.45) is 0 Å². The second kappa shape index (κ2) is 8.36. The van der Waals surface area contributed by atoms with Crippen LogP contribution in [0.25, 0.3) is 0 Å². The fourth-order valence-electron chi connectivity index (χ4n) is 2.50. The number of carbonyl (C=O) groups is 1. The van der Waals surface area contributed by atoms with Crippen LogP contribution < -0.4 is 0 Å². The maximum Gasteiger partial charge on any atom is 0.228 e. The molecule has 0 unspecified atom stereocenters. The molecule has 1 aromatic carbocycles. The highest BCUT2D eigenvalue weighted by Gasteiger charge is 2.15. The van der Waals surface area contributed by atoms with Crippen molar-refractivity contribution in [3.63, 3.8) is 0 Å². The van der Waals surface area contributed by atoms with Crippen molar-refractivity contribution in [3.05, 3.63) is 82.6 Å². The van der Waals surface area contributed by atoms with E-state index in [1.165, 1.54) is 16.9 Å². The number of pyridine rings is 1. The van der Waals surface area contributed by atoms with Crippen molar-refractivity contribution in [2.45, 2.75) is 19.4 Å². The second-order valence-electron chi connectivity index (χ2n) is 5.55. The van der Waals surface area contributed by atoms with Gasteiger partial charge in [-0.1, -0.05) is 30.3 Å². The van der Waals surface area contributed by atoms with Gasteiger partial charge in [0, 0.05) is 36.6 Å². The molecule has 0 saturated carbocycles. The molecule has 0 saturated heterocycles. The number of carbonyl (C=O) groups excluding carboxylic acids is 1. The zero-order chi connectivity index (χ0) is 16.6. The minimum Gasteiger partial charge on any atom is -0.338 e. The average molecular weight is 337 g/mol. The molecule has 0 aliphatic carbocycles. The van der Waals surface area contributed by atoms with E-state index in [0.29, 0.717) is 19.5 Å². The largest absolute Gasteiger partial charge is 0.338 e. The third-order valence-corrected chi connectivity index (χ3v) is 4.58. The molecule has 3 aromatic rings. The third-order valence-electron chi connectivity index (χ3n) is 3.80. The lowest BCUT2D eigenvalue weighted by Gasteiger charge is -2.23. The third kappa shape index (κ3) is 4.73. The van der Waals surface area contributed by atoms with Gasteiger partial charge in [0.25, 0.3) is 0 Å². The summed E-state index contributed by atoms with van der Waals surface area (Å²) >= 11 is 1.52. The molecule has 0 aliphatic rings. The first-order valence-corrected chi connectivity index (χ1v) is 8.77. The summed E-state index contributed by atoms with van der Waals surface area (Å²) in [5, 5.41) is 0. The Labute approximate surface area is 145 Å². The fourth-order valence-corrected chi connectivity index (χ4v) is 3.09. The molecule has 122 valence electrons. The Morgan fingerprint density at radius 1 is 1.00 bits per heavy atom. The lowest BCUT2D eigenvalue weighted by molar-refractivity contribution is -0.131. The van der Waals surface area contributed by atoms with E-state index < -0.39 is 0 Å². The van der Waals surface area contributed by atoms with Crippen molar-refractivity contribution in [1.82, 2.24) is 14.9 Å². The highest BCUT2D eigenvalue weighted by Crippen LogP contribution is 2.12. The van der Waals surface area contributed by atoms with E-state index in [-0.39, 0.29) is 5.91 Å².